The number of halogens is 6. The zero-order valence-corrected chi connectivity index (χ0v) is 21.3. The summed E-state index contributed by atoms with van der Waals surface area (Å²) in [4.78, 5) is 29.3. The van der Waals surface area contributed by atoms with E-state index in [0.29, 0.717) is 10.4 Å². The summed E-state index contributed by atoms with van der Waals surface area (Å²) in [5, 5.41) is 6.24. The predicted molar refractivity (Wildman–Crippen MR) is 134 cm³/mol. The number of benzene rings is 1. The van der Waals surface area contributed by atoms with Gasteiger partial charge >= 0.3 is 12.4 Å². The van der Waals surface area contributed by atoms with Crippen molar-refractivity contribution in [2.24, 2.45) is 0 Å². The fourth-order valence-corrected chi connectivity index (χ4v) is 5.65. The molecule has 4 heterocycles. The standard InChI is InChI=1S/C26H22F6N8O/c27-25(28,29)13-39-20(41)16-11-35-22(36-15-2-1-14-10-33-12-23(4-5-23)17(14)9-15)38-19(16)40(39)18-3-8-34-21(37-18)24(6-7-24)26(30,31)32/h1-3,8-9,11,33H,4-7,10,12-13H2,(H,35,36,38). The summed E-state index contributed by atoms with van der Waals surface area (Å²) < 4.78 is 83.1. The van der Waals surface area contributed by atoms with Gasteiger partial charge in [-0.2, -0.15) is 31.3 Å². The predicted octanol–water partition coefficient (Wildman–Crippen LogP) is 4.41. The van der Waals surface area contributed by atoms with E-state index in [9.17, 15) is 31.1 Å². The second-order valence-electron chi connectivity index (χ2n) is 10.9. The van der Waals surface area contributed by atoms with E-state index < -0.39 is 35.7 Å². The van der Waals surface area contributed by atoms with Gasteiger partial charge in [0.1, 0.15) is 23.2 Å². The number of hydrogen-bond acceptors (Lipinski definition) is 7. The Morgan fingerprint density at radius 1 is 1.00 bits per heavy atom. The van der Waals surface area contributed by atoms with E-state index in [4.69, 9.17) is 0 Å². The number of nitrogens with zero attached hydrogens (tertiary/aromatic N) is 6. The van der Waals surface area contributed by atoms with Crippen molar-refractivity contribution in [3.63, 3.8) is 0 Å². The molecule has 2 saturated carbocycles. The maximum Gasteiger partial charge on any atom is 0.408 e. The average molecular weight is 577 g/mol. The van der Waals surface area contributed by atoms with Crippen LogP contribution in [0, 0.1) is 0 Å². The van der Waals surface area contributed by atoms with Crippen LogP contribution in [0.3, 0.4) is 0 Å². The summed E-state index contributed by atoms with van der Waals surface area (Å²) >= 11 is 0. The summed E-state index contributed by atoms with van der Waals surface area (Å²) in [5.74, 6) is -0.916. The van der Waals surface area contributed by atoms with E-state index in [2.05, 4.69) is 30.6 Å². The van der Waals surface area contributed by atoms with E-state index in [1.54, 1.807) is 0 Å². The van der Waals surface area contributed by atoms with Crippen LogP contribution in [0.2, 0.25) is 0 Å². The van der Waals surface area contributed by atoms with E-state index >= 15 is 0 Å². The fraction of sp³-hybridized carbons (Fsp3) is 0.423. The smallest absolute Gasteiger partial charge is 0.324 e. The number of nitrogens with one attached hydrogen (secondary N) is 2. The Morgan fingerprint density at radius 3 is 2.46 bits per heavy atom. The molecule has 1 spiro atoms. The van der Waals surface area contributed by atoms with Crippen LogP contribution >= 0.6 is 0 Å². The molecule has 2 N–H and O–H groups in total. The average Bonchev–Trinajstić information content (AvgIpc) is 3.84. The van der Waals surface area contributed by atoms with Crippen molar-refractivity contribution in [1.82, 2.24) is 34.6 Å². The summed E-state index contributed by atoms with van der Waals surface area (Å²) in [7, 11) is 0. The van der Waals surface area contributed by atoms with Crippen LogP contribution in [-0.4, -0.2) is 48.2 Å². The lowest BCUT2D eigenvalue weighted by Crippen LogP contribution is -2.33. The van der Waals surface area contributed by atoms with Gasteiger partial charge in [0, 0.05) is 42.7 Å². The maximum atomic E-state index is 13.8. The second-order valence-corrected chi connectivity index (χ2v) is 10.9. The molecule has 0 atom stereocenters. The van der Waals surface area contributed by atoms with Gasteiger partial charge in [-0.1, -0.05) is 6.07 Å². The quantitative estimate of drug-likeness (QED) is 0.340. The molecule has 3 aliphatic rings. The van der Waals surface area contributed by atoms with Gasteiger partial charge < -0.3 is 10.6 Å². The molecule has 214 valence electrons. The number of aromatic nitrogens is 6. The van der Waals surface area contributed by atoms with Crippen LogP contribution in [0.4, 0.5) is 38.0 Å². The van der Waals surface area contributed by atoms with E-state index in [1.165, 1.54) is 11.1 Å². The molecule has 7 rings (SSSR count). The number of fused-ring (bicyclic) bond motifs is 3. The van der Waals surface area contributed by atoms with Crippen LogP contribution in [0.1, 0.15) is 42.6 Å². The lowest BCUT2D eigenvalue weighted by Gasteiger charge is -2.26. The third-order valence-electron chi connectivity index (χ3n) is 8.15. The monoisotopic (exact) mass is 576 g/mol. The molecule has 0 radical (unpaired) electrons. The Labute approximate surface area is 227 Å². The first-order valence-electron chi connectivity index (χ1n) is 13.0. The SMILES string of the molecule is O=c1c2cnc(Nc3ccc4c(c3)C3(CC3)CNC4)nc2n(-c2ccnc(C3(C(F)(F)F)CC3)n2)n1CC(F)(F)F. The van der Waals surface area contributed by atoms with Gasteiger partial charge in [0.05, 0.1) is 0 Å². The molecule has 0 unspecified atom stereocenters. The lowest BCUT2D eigenvalue weighted by molar-refractivity contribution is -0.162. The van der Waals surface area contributed by atoms with Gasteiger partial charge in [0.2, 0.25) is 5.95 Å². The third kappa shape index (κ3) is 4.24. The summed E-state index contributed by atoms with van der Waals surface area (Å²) in [6, 6.07) is 6.96. The van der Waals surface area contributed by atoms with Gasteiger partial charge in [0.25, 0.3) is 5.56 Å². The van der Waals surface area contributed by atoms with Gasteiger partial charge in [-0.15, -0.1) is 0 Å². The molecule has 2 fully saturated rings. The number of alkyl halides is 6. The van der Waals surface area contributed by atoms with Crippen molar-refractivity contribution in [2.75, 3.05) is 11.9 Å². The maximum absolute atomic E-state index is 13.8. The molecule has 15 heteroatoms. The molecule has 4 aromatic rings. The number of anilines is 2. The lowest BCUT2D eigenvalue weighted by atomic mass is 9.88. The van der Waals surface area contributed by atoms with Crippen LogP contribution in [-0.2, 0) is 23.9 Å². The third-order valence-corrected chi connectivity index (χ3v) is 8.15. The molecule has 9 nitrogen and oxygen atoms in total. The molecule has 0 saturated heterocycles. The highest BCUT2D eigenvalue weighted by Gasteiger charge is 2.66. The molecule has 41 heavy (non-hydrogen) atoms. The summed E-state index contributed by atoms with van der Waals surface area (Å²) in [5.41, 5.74) is -0.430. The van der Waals surface area contributed by atoms with Crippen molar-refractivity contribution in [1.29, 1.82) is 0 Å². The van der Waals surface area contributed by atoms with Crippen molar-refractivity contribution >= 4 is 22.7 Å². The Hall–Kier alpha value is -4.01. The van der Waals surface area contributed by atoms with Gasteiger partial charge in [-0.05, 0) is 48.9 Å². The molecule has 0 bridgehead atoms. The van der Waals surface area contributed by atoms with Crippen molar-refractivity contribution in [3.05, 3.63) is 64.0 Å². The second kappa shape index (κ2) is 8.50. The first-order valence-corrected chi connectivity index (χ1v) is 13.0. The molecule has 3 aromatic heterocycles. The van der Waals surface area contributed by atoms with E-state index in [0.717, 1.165) is 49.1 Å². The molecular formula is C26H22F6N8O. The van der Waals surface area contributed by atoms with E-state index in [1.807, 2.05) is 18.2 Å². The molecule has 1 aromatic carbocycles. The molecular weight excluding hydrogens is 554 g/mol. The van der Waals surface area contributed by atoms with Crippen LogP contribution in [0.25, 0.3) is 16.9 Å². The summed E-state index contributed by atoms with van der Waals surface area (Å²) in [6.45, 7) is -0.0908. The first kappa shape index (κ1) is 25.9. The van der Waals surface area contributed by atoms with Gasteiger partial charge in [0.15, 0.2) is 11.5 Å². The molecule has 1 aliphatic heterocycles. The molecule has 0 amide bonds. The Kier molecular flexibility index (Phi) is 5.38. The zero-order chi connectivity index (χ0) is 28.8. The normalized spacial score (nSPS) is 18.9. The van der Waals surface area contributed by atoms with Crippen LogP contribution in [0.15, 0.2) is 41.5 Å². The highest BCUT2D eigenvalue weighted by molar-refractivity contribution is 5.77. The van der Waals surface area contributed by atoms with Gasteiger partial charge in [-0.3, -0.25) is 4.79 Å². The number of hydrogen-bond donors (Lipinski definition) is 2. The van der Waals surface area contributed by atoms with Crippen molar-refractivity contribution in [3.8, 4) is 5.82 Å². The summed E-state index contributed by atoms with van der Waals surface area (Å²) in [6.07, 6.45) is -5.68. The van der Waals surface area contributed by atoms with E-state index in [-0.39, 0.29) is 41.1 Å². The van der Waals surface area contributed by atoms with Crippen LogP contribution in [0.5, 0.6) is 0 Å². The highest BCUT2D eigenvalue weighted by atomic mass is 19.4. The first-order chi connectivity index (χ1) is 19.4. The van der Waals surface area contributed by atoms with Crippen molar-refractivity contribution in [2.45, 2.75) is 62.0 Å². The topological polar surface area (TPSA) is 103 Å². The zero-order valence-electron chi connectivity index (χ0n) is 21.3. The van der Waals surface area contributed by atoms with Crippen molar-refractivity contribution < 1.29 is 26.3 Å². The number of rotatable bonds is 5. The van der Waals surface area contributed by atoms with Gasteiger partial charge in [-0.25, -0.2) is 24.3 Å². The highest BCUT2D eigenvalue weighted by Crippen LogP contribution is 2.57. The largest absolute Gasteiger partial charge is 0.408 e. The Bertz CT molecular complexity index is 1750. The molecule has 2 aliphatic carbocycles. The minimum absolute atomic E-state index is 0.00243. The Balaban J connectivity index is 1.34. The van der Waals surface area contributed by atoms with Crippen LogP contribution < -0.4 is 16.2 Å². The Morgan fingerprint density at radius 2 is 1.78 bits per heavy atom. The fourth-order valence-electron chi connectivity index (χ4n) is 5.65. The minimum Gasteiger partial charge on any atom is -0.324 e. The minimum atomic E-state index is -4.82.